The minimum atomic E-state index is -0.850. The van der Waals surface area contributed by atoms with Crippen molar-refractivity contribution in [3.63, 3.8) is 0 Å². The number of hydrogen-bond acceptors (Lipinski definition) is 4. The average molecular weight is 543 g/mol. The van der Waals surface area contributed by atoms with Crippen molar-refractivity contribution in [2.24, 2.45) is 11.8 Å². The number of nitrogens with zero attached hydrogens (tertiary/aromatic N) is 3. The molecule has 8 nitrogen and oxygen atoms in total. The molecule has 2 aromatic heterocycles. The molecule has 1 amide bonds. The highest BCUT2D eigenvalue weighted by Gasteiger charge is 2.55. The number of carboxylic acid groups (broad SMARTS) is 1. The largest absolute Gasteiger partial charge is 0.465 e. The lowest BCUT2D eigenvalue weighted by Gasteiger charge is -2.22. The second kappa shape index (κ2) is 8.54. The van der Waals surface area contributed by atoms with E-state index in [1.54, 1.807) is 4.90 Å². The topological polar surface area (TPSA) is 110 Å². The minimum absolute atomic E-state index is 0.168. The second-order valence-corrected chi connectivity index (χ2v) is 12.3. The van der Waals surface area contributed by atoms with Crippen molar-refractivity contribution in [3.8, 4) is 33.6 Å². The van der Waals surface area contributed by atoms with Crippen molar-refractivity contribution in [1.29, 1.82) is 0 Å². The van der Waals surface area contributed by atoms with Gasteiger partial charge in [-0.3, -0.25) is 4.90 Å². The van der Waals surface area contributed by atoms with Crippen molar-refractivity contribution < 1.29 is 9.90 Å². The number of likely N-dealkylation sites (tertiary alicyclic amines) is 1. The van der Waals surface area contributed by atoms with Gasteiger partial charge in [0.05, 0.1) is 35.9 Å². The number of aromatic nitrogens is 4. The van der Waals surface area contributed by atoms with Crippen molar-refractivity contribution in [3.05, 3.63) is 84.7 Å². The van der Waals surface area contributed by atoms with E-state index < -0.39 is 6.09 Å². The van der Waals surface area contributed by atoms with Crippen molar-refractivity contribution in [2.75, 3.05) is 0 Å². The van der Waals surface area contributed by atoms with Gasteiger partial charge in [0.15, 0.2) is 0 Å². The van der Waals surface area contributed by atoms with E-state index in [0.717, 1.165) is 58.5 Å². The Labute approximate surface area is 236 Å². The van der Waals surface area contributed by atoms with E-state index in [2.05, 4.69) is 85.9 Å². The van der Waals surface area contributed by atoms with E-state index >= 15 is 0 Å². The van der Waals surface area contributed by atoms with Crippen LogP contribution in [0.25, 0.3) is 44.4 Å². The fourth-order valence-corrected chi connectivity index (χ4v) is 7.26. The first-order valence-corrected chi connectivity index (χ1v) is 14.6. The van der Waals surface area contributed by atoms with Gasteiger partial charge in [0.1, 0.15) is 11.6 Å². The van der Waals surface area contributed by atoms with Crippen LogP contribution in [-0.4, -0.2) is 48.1 Å². The van der Waals surface area contributed by atoms with Crippen LogP contribution in [0.3, 0.4) is 0 Å². The summed E-state index contributed by atoms with van der Waals surface area (Å²) in [6.45, 7) is 0. The molecule has 4 N–H and O–H groups in total. The third-order valence-electron chi connectivity index (χ3n) is 9.72. The summed E-state index contributed by atoms with van der Waals surface area (Å²) in [6, 6.07) is 22.7. The number of nitrogens with one attached hydrogen (secondary N) is 3. The average Bonchev–Trinajstić information content (AvgIpc) is 3.57. The summed E-state index contributed by atoms with van der Waals surface area (Å²) >= 11 is 0. The van der Waals surface area contributed by atoms with Crippen LogP contribution in [0, 0.1) is 11.8 Å². The maximum Gasteiger partial charge on any atom is 0.408 e. The van der Waals surface area contributed by atoms with Crippen LogP contribution in [0.2, 0.25) is 0 Å². The maximum absolute atomic E-state index is 11.8. The predicted octanol–water partition coefficient (Wildman–Crippen LogP) is 6.52. The van der Waals surface area contributed by atoms with Gasteiger partial charge >= 0.3 is 6.09 Å². The second-order valence-electron chi connectivity index (χ2n) is 12.3. The Morgan fingerprint density at radius 1 is 0.732 bits per heavy atom. The number of carbonyl (C=O) groups is 1. The van der Waals surface area contributed by atoms with Gasteiger partial charge in [-0.1, -0.05) is 48.5 Å². The van der Waals surface area contributed by atoms with E-state index in [4.69, 9.17) is 0 Å². The monoisotopic (exact) mass is 542 g/mol. The first-order valence-electron chi connectivity index (χ1n) is 14.6. The van der Waals surface area contributed by atoms with E-state index in [1.165, 1.54) is 29.2 Å². The lowest BCUT2D eigenvalue weighted by Crippen LogP contribution is -2.32. The van der Waals surface area contributed by atoms with Crippen LogP contribution < -0.4 is 5.32 Å². The van der Waals surface area contributed by atoms with Crippen LogP contribution in [0.15, 0.2) is 73.1 Å². The van der Waals surface area contributed by atoms with Crippen molar-refractivity contribution in [1.82, 2.24) is 30.2 Å². The lowest BCUT2D eigenvalue weighted by atomic mass is 9.98. The Bertz CT molecular complexity index is 1810. The van der Waals surface area contributed by atoms with Gasteiger partial charge in [-0.15, -0.1) is 0 Å². The molecular formula is C33H30N6O2. The van der Waals surface area contributed by atoms with Crippen LogP contribution in [-0.2, 0) is 0 Å². The molecule has 6 atom stereocenters. The molecule has 0 radical (unpaired) electrons. The summed E-state index contributed by atoms with van der Waals surface area (Å²) in [5.41, 5.74) is 6.47. The zero-order chi connectivity index (χ0) is 27.2. The molecule has 2 saturated carbocycles. The first kappa shape index (κ1) is 23.3. The molecule has 9 rings (SSSR count). The van der Waals surface area contributed by atoms with Crippen LogP contribution in [0.5, 0.6) is 0 Å². The Hall–Kier alpha value is -4.43. The number of fused-ring (bicyclic) bond motifs is 3. The molecule has 0 bridgehead atoms. The Kier molecular flexibility index (Phi) is 4.85. The summed E-state index contributed by atoms with van der Waals surface area (Å²) in [7, 11) is 0. The SMILES string of the molecule is O=C(O)N1C(c2ncc(-c3ccc(-c4ccc5cc(-c6cnc(C7CC8CC8N7)[nH]6)ccc5c4)cc3)[nH]2)CC2CC21. The molecule has 2 saturated heterocycles. The molecular weight excluding hydrogens is 512 g/mol. The Morgan fingerprint density at radius 3 is 2.15 bits per heavy atom. The molecule has 2 aliphatic heterocycles. The van der Waals surface area contributed by atoms with Gasteiger partial charge in [-0.2, -0.15) is 0 Å². The van der Waals surface area contributed by atoms with Crippen LogP contribution in [0.4, 0.5) is 4.79 Å². The Morgan fingerprint density at radius 2 is 1.39 bits per heavy atom. The van der Waals surface area contributed by atoms with Gasteiger partial charge in [-0.05, 0) is 77.1 Å². The van der Waals surface area contributed by atoms with E-state index in [9.17, 15) is 9.90 Å². The third kappa shape index (κ3) is 3.89. The number of H-pyrrole nitrogens is 2. The third-order valence-corrected chi connectivity index (χ3v) is 9.72. The molecule has 3 aromatic carbocycles. The molecule has 8 heteroatoms. The van der Waals surface area contributed by atoms with Crippen molar-refractivity contribution in [2.45, 2.75) is 49.9 Å². The van der Waals surface area contributed by atoms with Gasteiger partial charge < -0.3 is 20.4 Å². The van der Waals surface area contributed by atoms with Gasteiger partial charge in [0.25, 0.3) is 0 Å². The quantitative estimate of drug-likeness (QED) is 0.202. The number of hydrogen-bond donors (Lipinski definition) is 4. The minimum Gasteiger partial charge on any atom is -0.465 e. The summed E-state index contributed by atoms with van der Waals surface area (Å²) in [5, 5.41) is 15.7. The highest BCUT2D eigenvalue weighted by molar-refractivity contribution is 5.90. The van der Waals surface area contributed by atoms with Gasteiger partial charge in [0, 0.05) is 17.6 Å². The van der Waals surface area contributed by atoms with Crippen molar-refractivity contribution >= 4 is 16.9 Å². The highest BCUT2D eigenvalue weighted by atomic mass is 16.4. The number of imidazole rings is 2. The van der Waals surface area contributed by atoms with E-state index in [1.807, 2.05) is 12.4 Å². The molecule has 4 heterocycles. The lowest BCUT2D eigenvalue weighted by molar-refractivity contribution is 0.128. The number of aromatic amines is 2. The smallest absolute Gasteiger partial charge is 0.408 e. The molecule has 204 valence electrons. The fourth-order valence-electron chi connectivity index (χ4n) is 7.26. The van der Waals surface area contributed by atoms with Gasteiger partial charge in [0.2, 0.25) is 0 Å². The molecule has 4 aliphatic rings. The van der Waals surface area contributed by atoms with Gasteiger partial charge in [-0.25, -0.2) is 14.8 Å². The zero-order valence-electron chi connectivity index (χ0n) is 22.4. The number of rotatable bonds is 5. The molecule has 0 spiro atoms. The predicted molar refractivity (Wildman–Crippen MR) is 156 cm³/mol. The Balaban J connectivity index is 0.930. The van der Waals surface area contributed by atoms with E-state index in [-0.39, 0.29) is 12.1 Å². The molecule has 4 fully saturated rings. The van der Waals surface area contributed by atoms with Crippen LogP contribution >= 0.6 is 0 Å². The first-order chi connectivity index (χ1) is 20.1. The summed E-state index contributed by atoms with van der Waals surface area (Å²) in [5.74, 6) is 3.12. The number of amides is 1. The van der Waals surface area contributed by atoms with E-state index in [0.29, 0.717) is 18.0 Å². The normalized spacial score (nSPS) is 27.7. The summed E-state index contributed by atoms with van der Waals surface area (Å²) < 4.78 is 0. The number of piperidine rings is 2. The zero-order valence-corrected chi connectivity index (χ0v) is 22.4. The maximum atomic E-state index is 11.8. The highest BCUT2D eigenvalue weighted by Crippen LogP contribution is 2.53. The molecule has 2 aliphatic carbocycles. The van der Waals surface area contributed by atoms with Crippen LogP contribution in [0.1, 0.15) is 49.4 Å². The standard InChI is InChI=1S/C33H30N6O2/c40-33(41)39-29-13-24(29)14-30(39)32-35-15-27(38-32)18-3-1-17(2-4-18)19-5-6-21-10-22(8-7-20(21)9-19)28-16-34-31(37-28)26-12-23-11-25(23)36-26/h1-10,15-16,23-26,29-30,36H,11-14H2,(H,34,37)(H,35,38)(H,40,41). The molecule has 6 unspecified atom stereocenters. The summed E-state index contributed by atoms with van der Waals surface area (Å²) in [6.07, 6.45) is 7.27. The molecule has 5 aromatic rings. The summed E-state index contributed by atoms with van der Waals surface area (Å²) in [4.78, 5) is 29.5. The fraction of sp³-hybridized carbons (Fsp3) is 0.303. The molecule has 41 heavy (non-hydrogen) atoms. The number of benzene rings is 3.